The highest BCUT2D eigenvalue weighted by atomic mass is 19.4. The van der Waals surface area contributed by atoms with Crippen molar-refractivity contribution in [3.05, 3.63) is 76.6 Å². The fraction of sp³-hybridized carbons (Fsp3) is 0.348. The summed E-state index contributed by atoms with van der Waals surface area (Å²) in [6.45, 7) is 5.40. The molecule has 1 amide bonds. The largest absolute Gasteiger partial charge is 0.457 e. The molecule has 0 bridgehead atoms. The Hall–Kier alpha value is -2.97. The van der Waals surface area contributed by atoms with E-state index in [1.807, 2.05) is 0 Å². The smallest absolute Gasteiger partial charge is 0.419 e. The Morgan fingerprint density at radius 2 is 1.91 bits per heavy atom. The summed E-state index contributed by atoms with van der Waals surface area (Å²) in [5, 5.41) is 2.62. The maximum absolute atomic E-state index is 14.0. The SMILES string of the molecule is CC(F)=CC(C)=C(C(=O)NC1C=CC(Oc2cc(F)ccc2C(F)(F)F)=CC1C)C(C)F. The first-order chi connectivity index (χ1) is 14.8. The van der Waals surface area contributed by atoms with Crippen LogP contribution in [0.4, 0.5) is 26.3 Å². The minimum Gasteiger partial charge on any atom is -0.457 e. The Morgan fingerprint density at radius 1 is 1.25 bits per heavy atom. The van der Waals surface area contributed by atoms with E-state index in [9.17, 15) is 31.1 Å². The molecule has 0 heterocycles. The molecule has 1 N–H and O–H groups in total. The summed E-state index contributed by atoms with van der Waals surface area (Å²) in [6, 6.07) is 1.29. The molecule has 0 aliphatic heterocycles. The van der Waals surface area contributed by atoms with Gasteiger partial charge in [0.1, 0.15) is 23.5 Å². The topological polar surface area (TPSA) is 38.3 Å². The number of benzene rings is 1. The van der Waals surface area contributed by atoms with Crippen molar-refractivity contribution in [2.75, 3.05) is 0 Å². The Labute approximate surface area is 182 Å². The number of nitrogens with one attached hydrogen (secondary N) is 1. The highest BCUT2D eigenvalue weighted by Gasteiger charge is 2.35. The van der Waals surface area contributed by atoms with Crippen LogP contribution in [0.1, 0.15) is 33.3 Å². The first-order valence-corrected chi connectivity index (χ1v) is 9.73. The van der Waals surface area contributed by atoms with E-state index in [2.05, 4.69) is 5.32 Å². The number of hydrogen-bond acceptors (Lipinski definition) is 2. The average molecular weight is 459 g/mol. The van der Waals surface area contributed by atoms with Gasteiger partial charge in [-0.25, -0.2) is 13.2 Å². The van der Waals surface area contributed by atoms with E-state index in [1.54, 1.807) is 6.92 Å². The predicted molar refractivity (Wildman–Crippen MR) is 108 cm³/mol. The van der Waals surface area contributed by atoms with Gasteiger partial charge in [-0.1, -0.05) is 13.0 Å². The van der Waals surface area contributed by atoms with E-state index in [0.717, 1.165) is 13.0 Å². The Bertz CT molecular complexity index is 985. The summed E-state index contributed by atoms with van der Waals surface area (Å²) < 4.78 is 85.3. The number of carbonyl (C=O) groups is 1. The quantitative estimate of drug-likeness (QED) is 0.306. The van der Waals surface area contributed by atoms with E-state index in [1.165, 1.54) is 32.1 Å². The normalized spacial score (nSPS) is 20.9. The molecule has 3 nitrogen and oxygen atoms in total. The molecule has 1 aromatic carbocycles. The van der Waals surface area contributed by atoms with Gasteiger partial charge in [0.25, 0.3) is 5.91 Å². The number of hydrogen-bond donors (Lipinski definition) is 1. The second-order valence-electron chi connectivity index (χ2n) is 7.47. The lowest BCUT2D eigenvalue weighted by Crippen LogP contribution is -2.40. The lowest BCUT2D eigenvalue weighted by atomic mass is 9.95. The zero-order chi connectivity index (χ0) is 24.2. The molecule has 1 aliphatic carbocycles. The molecular formula is C23H23F6NO2. The molecule has 3 unspecified atom stereocenters. The summed E-state index contributed by atoms with van der Waals surface area (Å²) in [7, 11) is 0. The third-order valence-electron chi connectivity index (χ3n) is 4.72. The van der Waals surface area contributed by atoms with Gasteiger partial charge in [0.2, 0.25) is 0 Å². The zero-order valence-electron chi connectivity index (χ0n) is 17.9. The van der Waals surface area contributed by atoms with Gasteiger partial charge in [-0.15, -0.1) is 0 Å². The van der Waals surface area contributed by atoms with Crippen LogP contribution >= 0.6 is 0 Å². The summed E-state index contributed by atoms with van der Waals surface area (Å²) >= 11 is 0. The van der Waals surface area contributed by atoms with E-state index in [0.29, 0.717) is 18.2 Å². The van der Waals surface area contributed by atoms with Crippen molar-refractivity contribution in [1.82, 2.24) is 5.32 Å². The van der Waals surface area contributed by atoms with Gasteiger partial charge >= 0.3 is 6.18 Å². The number of alkyl halides is 4. The maximum Gasteiger partial charge on any atom is 0.419 e. The van der Waals surface area contributed by atoms with Crippen LogP contribution in [-0.2, 0) is 11.0 Å². The average Bonchev–Trinajstić information content (AvgIpc) is 2.62. The fourth-order valence-electron chi connectivity index (χ4n) is 3.26. The number of ether oxygens (including phenoxy) is 1. The molecule has 0 aromatic heterocycles. The highest BCUT2D eigenvalue weighted by Crippen LogP contribution is 2.37. The first kappa shape index (κ1) is 25.3. The van der Waals surface area contributed by atoms with Crippen LogP contribution in [0.3, 0.4) is 0 Å². The van der Waals surface area contributed by atoms with Crippen LogP contribution in [0.5, 0.6) is 5.75 Å². The number of rotatable bonds is 6. The number of halogens is 6. The molecule has 2 rings (SSSR count). The highest BCUT2D eigenvalue weighted by molar-refractivity contribution is 5.96. The fourth-order valence-corrected chi connectivity index (χ4v) is 3.26. The van der Waals surface area contributed by atoms with Crippen LogP contribution in [0.25, 0.3) is 0 Å². The second-order valence-corrected chi connectivity index (χ2v) is 7.47. The van der Waals surface area contributed by atoms with Crippen molar-refractivity contribution < 1.29 is 35.9 Å². The minimum absolute atomic E-state index is 0.0286. The summed E-state index contributed by atoms with van der Waals surface area (Å²) in [5.41, 5.74) is -1.23. The number of amides is 1. The van der Waals surface area contributed by atoms with E-state index < -0.39 is 53.2 Å². The van der Waals surface area contributed by atoms with Crippen molar-refractivity contribution in [1.29, 1.82) is 0 Å². The van der Waals surface area contributed by atoms with Crippen molar-refractivity contribution in [2.45, 2.75) is 46.1 Å². The van der Waals surface area contributed by atoms with Crippen LogP contribution in [0, 0.1) is 11.7 Å². The van der Waals surface area contributed by atoms with Crippen molar-refractivity contribution >= 4 is 5.91 Å². The van der Waals surface area contributed by atoms with Crippen LogP contribution in [0.2, 0.25) is 0 Å². The number of allylic oxidation sites excluding steroid dienone is 4. The molecule has 0 saturated carbocycles. The Morgan fingerprint density at radius 3 is 2.44 bits per heavy atom. The molecular weight excluding hydrogens is 436 g/mol. The predicted octanol–water partition coefficient (Wildman–Crippen LogP) is 6.35. The molecule has 174 valence electrons. The first-order valence-electron chi connectivity index (χ1n) is 9.73. The van der Waals surface area contributed by atoms with Gasteiger partial charge in [-0.3, -0.25) is 4.79 Å². The van der Waals surface area contributed by atoms with E-state index >= 15 is 0 Å². The molecule has 0 fully saturated rings. The van der Waals surface area contributed by atoms with Gasteiger partial charge in [0.15, 0.2) is 0 Å². The molecule has 0 radical (unpaired) electrons. The lowest BCUT2D eigenvalue weighted by Gasteiger charge is -2.25. The van der Waals surface area contributed by atoms with E-state index in [-0.39, 0.29) is 16.9 Å². The standard InChI is InChI=1S/C23H23F6NO2/c1-12-10-17(32-20-11-16(26)5-7-18(20)23(27,28)29)6-8-19(12)30-22(31)21(15(4)25)13(2)9-14(3)24/h5-12,15,19H,1-4H3,(H,30,31). The van der Waals surface area contributed by atoms with Crippen LogP contribution < -0.4 is 10.1 Å². The lowest BCUT2D eigenvalue weighted by molar-refractivity contribution is -0.138. The molecule has 32 heavy (non-hydrogen) atoms. The van der Waals surface area contributed by atoms with E-state index in [4.69, 9.17) is 4.74 Å². The van der Waals surface area contributed by atoms with Crippen LogP contribution in [-0.4, -0.2) is 18.1 Å². The Kier molecular flexibility index (Phi) is 7.98. The maximum atomic E-state index is 14.0. The molecule has 3 atom stereocenters. The van der Waals surface area contributed by atoms with Gasteiger partial charge in [0, 0.05) is 12.0 Å². The van der Waals surface area contributed by atoms with Crippen LogP contribution in [0.15, 0.2) is 65.2 Å². The van der Waals surface area contributed by atoms with Crippen molar-refractivity contribution in [3.8, 4) is 5.75 Å². The monoisotopic (exact) mass is 459 g/mol. The van der Waals surface area contributed by atoms with Gasteiger partial charge in [-0.2, -0.15) is 13.2 Å². The third kappa shape index (κ3) is 6.51. The zero-order valence-corrected chi connectivity index (χ0v) is 17.9. The van der Waals surface area contributed by atoms with Gasteiger partial charge < -0.3 is 10.1 Å². The third-order valence-corrected chi connectivity index (χ3v) is 4.72. The minimum atomic E-state index is -4.74. The Balaban J connectivity index is 2.20. The van der Waals surface area contributed by atoms with Crippen molar-refractivity contribution in [2.24, 2.45) is 5.92 Å². The number of carbonyl (C=O) groups excluding carboxylic acids is 1. The summed E-state index contributed by atoms with van der Waals surface area (Å²) in [4.78, 5) is 12.6. The molecule has 1 aliphatic rings. The molecule has 0 saturated heterocycles. The molecule has 1 aromatic rings. The molecule has 0 spiro atoms. The second kappa shape index (κ2) is 10.1. The molecule has 9 heteroatoms. The van der Waals surface area contributed by atoms with Gasteiger partial charge in [-0.05, 0) is 56.7 Å². The van der Waals surface area contributed by atoms with Gasteiger partial charge in [0.05, 0.1) is 23.0 Å². The summed E-state index contributed by atoms with van der Waals surface area (Å²) in [5.74, 6) is -3.32. The summed E-state index contributed by atoms with van der Waals surface area (Å²) in [6.07, 6.45) is -1.09. The van der Waals surface area contributed by atoms with Crippen molar-refractivity contribution in [3.63, 3.8) is 0 Å².